The van der Waals surface area contributed by atoms with E-state index in [2.05, 4.69) is 10.1 Å². The Hall–Kier alpha value is -1.54. The molecule has 1 heterocycles. The molecule has 21 heavy (non-hydrogen) atoms. The first-order chi connectivity index (χ1) is 9.77. The van der Waals surface area contributed by atoms with Gasteiger partial charge in [-0.2, -0.15) is 18.3 Å². The maximum absolute atomic E-state index is 13.2. The number of halogens is 3. The van der Waals surface area contributed by atoms with Crippen LogP contribution in [0.25, 0.3) is 0 Å². The van der Waals surface area contributed by atoms with Crippen molar-refractivity contribution in [1.82, 2.24) is 14.8 Å². The van der Waals surface area contributed by atoms with Crippen LogP contribution in [0.1, 0.15) is 18.1 Å². The average molecular weight is 316 g/mol. The van der Waals surface area contributed by atoms with E-state index >= 15 is 0 Å². The van der Waals surface area contributed by atoms with Crippen LogP contribution in [0.15, 0.2) is 34.6 Å². The number of nitrogens with zero attached hydrogens (tertiary/aromatic N) is 3. The topological polar surface area (TPSA) is 56.7 Å². The zero-order chi connectivity index (χ0) is 15.6. The standard InChI is InChI=1S/C13H15F3N4S/c1-8(17)5-9-3-4-11(10(6-9)13(14,15)16)21-12-18-7-19-20(12)2/h3-4,6-8H,5,17H2,1-2H3. The van der Waals surface area contributed by atoms with Gasteiger partial charge < -0.3 is 5.73 Å². The number of alkyl halides is 3. The highest BCUT2D eigenvalue weighted by Gasteiger charge is 2.34. The highest BCUT2D eigenvalue weighted by atomic mass is 32.2. The van der Waals surface area contributed by atoms with Crippen molar-refractivity contribution in [3.05, 3.63) is 35.7 Å². The van der Waals surface area contributed by atoms with Gasteiger partial charge in [0.2, 0.25) is 0 Å². The lowest BCUT2D eigenvalue weighted by Gasteiger charge is -2.14. The summed E-state index contributed by atoms with van der Waals surface area (Å²) in [4.78, 5) is 4.04. The maximum Gasteiger partial charge on any atom is 0.417 e. The first-order valence-corrected chi connectivity index (χ1v) is 7.06. The Kier molecular flexibility index (Phi) is 4.58. The lowest BCUT2D eigenvalue weighted by molar-refractivity contribution is -0.139. The van der Waals surface area contributed by atoms with Gasteiger partial charge in [0.15, 0.2) is 5.16 Å². The minimum atomic E-state index is -4.42. The van der Waals surface area contributed by atoms with Crippen molar-refractivity contribution in [3.8, 4) is 0 Å². The molecule has 0 aliphatic carbocycles. The molecule has 0 radical (unpaired) electrons. The molecular weight excluding hydrogens is 301 g/mol. The van der Waals surface area contributed by atoms with E-state index in [0.29, 0.717) is 17.1 Å². The zero-order valence-electron chi connectivity index (χ0n) is 11.6. The number of rotatable bonds is 4. The molecule has 0 saturated carbocycles. The molecule has 114 valence electrons. The second kappa shape index (κ2) is 6.07. The van der Waals surface area contributed by atoms with E-state index in [4.69, 9.17) is 5.73 Å². The second-order valence-corrected chi connectivity index (χ2v) is 5.79. The van der Waals surface area contributed by atoms with Crippen LogP contribution in [0.2, 0.25) is 0 Å². The molecule has 2 rings (SSSR count). The molecule has 2 aromatic rings. The van der Waals surface area contributed by atoms with Crippen molar-refractivity contribution in [2.24, 2.45) is 12.8 Å². The number of hydrogen-bond donors (Lipinski definition) is 1. The molecule has 4 nitrogen and oxygen atoms in total. The molecular formula is C13H15F3N4S. The molecule has 8 heteroatoms. The molecule has 0 spiro atoms. The first-order valence-electron chi connectivity index (χ1n) is 6.25. The maximum atomic E-state index is 13.2. The second-order valence-electron chi connectivity index (χ2n) is 4.78. The van der Waals surface area contributed by atoms with Gasteiger partial charge in [0, 0.05) is 18.0 Å². The smallest absolute Gasteiger partial charge is 0.328 e. The van der Waals surface area contributed by atoms with Crippen LogP contribution in [0.4, 0.5) is 13.2 Å². The van der Waals surface area contributed by atoms with E-state index in [-0.39, 0.29) is 10.9 Å². The fraction of sp³-hybridized carbons (Fsp3) is 0.385. The number of hydrogen-bond acceptors (Lipinski definition) is 4. The summed E-state index contributed by atoms with van der Waals surface area (Å²) in [6.45, 7) is 1.76. The predicted molar refractivity (Wildman–Crippen MR) is 73.9 cm³/mol. The zero-order valence-corrected chi connectivity index (χ0v) is 12.4. The van der Waals surface area contributed by atoms with Crippen molar-refractivity contribution >= 4 is 11.8 Å². The van der Waals surface area contributed by atoms with Gasteiger partial charge in [0.25, 0.3) is 0 Å². The largest absolute Gasteiger partial charge is 0.417 e. The van der Waals surface area contributed by atoms with Crippen molar-refractivity contribution in [1.29, 1.82) is 0 Å². The number of nitrogens with two attached hydrogens (primary N) is 1. The van der Waals surface area contributed by atoms with Gasteiger partial charge in [-0.3, -0.25) is 0 Å². The van der Waals surface area contributed by atoms with Crippen LogP contribution in [-0.2, 0) is 19.6 Å². The summed E-state index contributed by atoms with van der Waals surface area (Å²) in [5.74, 6) is 0. The molecule has 2 N–H and O–H groups in total. The van der Waals surface area contributed by atoms with Crippen molar-refractivity contribution in [2.75, 3.05) is 0 Å². The van der Waals surface area contributed by atoms with Gasteiger partial charge in [0.1, 0.15) is 6.33 Å². The van der Waals surface area contributed by atoms with E-state index in [1.54, 1.807) is 20.0 Å². The molecule has 0 amide bonds. The van der Waals surface area contributed by atoms with Gasteiger partial charge in [-0.1, -0.05) is 6.07 Å². The summed E-state index contributed by atoms with van der Waals surface area (Å²) in [5, 5.41) is 4.25. The van der Waals surface area contributed by atoms with Crippen molar-refractivity contribution < 1.29 is 13.2 Å². The van der Waals surface area contributed by atoms with Gasteiger partial charge in [0.05, 0.1) is 5.56 Å². The molecule has 1 unspecified atom stereocenters. The number of aromatic nitrogens is 3. The highest BCUT2D eigenvalue weighted by molar-refractivity contribution is 7.99. The Bertz CT molecular complexity index is 622. The molecule has 0 aliphatic rings. The van der Waals surface area contributed by atoms with Crippen molar-refractivity contribution in [3.63, 3.8) is 0 Å². The van der Waals surface area contributed by atoms with Gasteiger partial charge >= 0.3 is 6.18 Å². The summed E-state index contributed by atoms with van der Waals surface area (Å²) in [7, 11) is 1.63. The van der Waals surface area contributed by atoms with E-state index in [1.165, 1.54) is 17.1 Å². The lowest BCUT2D eigenvalue weighted by atomic mass is 10.0. The van der Waals surface area contributed by atoms with E-state index < -0.39 is 11.7 Å². The lowest BCUT2D eigenvalue weighted by Crippen LogP contribution is -2.18. The molecule has 1 aromatic heterocycles. The van der Waals surface area contributed by atoms with Crippen LogP contribution < -0.4 is 5.73 Å². The summed E-state index contributed by atoms with van der Waals surface area (Å²) < 4.78 is 41.1. The highest BCUT2D eigenvalue weighted by Crippen LogP contribution is 2.39. The minimum absolute atomic E-state index is 0.104. The third kappa shape index (κ3) is 3.98. The fourth-order valence-electron chi connectivity index (χ4n) is 1.86. The van der Waals surface area contributed by atoms with Gasteiger partial charge in [-0.25, -0.2) is 9.67 Å². The Morgan fingerprint density at radius 3 is 2.62 bits per heavy atom. The predicted octanol–water partition coefficient (Wildman–Crippen LogP) is 2.87. The Morgan fingerprint density at radius 2 is 2.10 bits per heavy atom. The summed E-state index contributed by atoms with van der Waals surface area (Å²) in [5.41, 5.74) is 5.54. The van der Waals surface area contributed by atoms with Crippen LogP contribution >= 0.6 is 11.8 Å². The fourth-order valence-corrected chi connectivity index (χ4v) is 2.76. The molecule has 0 saturated heterocycles. The Labute approximate surface area is 124 Å². The third-order valence-corrected chi connectivity index (χ3v) is 3.91. The van der Waals surface area contributed by atoms with Crippen LogP contribution in [0, 0.1) is 0 Å². The van der Waals surface area contributed by atoms with Crippen LogP contribution in [-0.4, -0.2) is 20.8 Å². The first kappa shape index (κ1) is 15.8. The molecule has 1 aromatic carbocycles. The third-order valence-electron chi connectivity index (χ3n) is 2.78. The van der Waals surface area contributed by atoms with Crippen LogP contribution in [0.3, 0.4) is 0 Å². The SMILES string of the molecule is CC(N)Cc1ccc(Sc2ncnn2C)c(C(F)(F)F)c1. The summed E-state index contributed by atoms with van der Waals surface area (Å²) in [6, 6.07) is 4.09. The summed E-state index contributed by atoms with van der Waals surface area (Å²) >= 11 is 0.940. The molecule has 0 aliphatic heterocycles. The molecule has 1 atom stereocenters. The van der Waals surface area contributed by atoms with E-state index in [9.17, 15) is 13.2 Å². The molecule has 0 fully saturated rings. The minimum Gasteiger partial charge on any atom is -0.328 e. The van der Waals surface area contributed by atoms with E-state index in [0.717, 1.165) is 17.8 Å². The molecule has 0 bridgehead atoms. The van der Waals surface area contributed by atoms with Gasteiger partial charge in [-0.05, 0) is 42.8 Å². The number of benzene rings is 1. The monoisotopic (exact) mass is 316 g/mol. The van der Waals surface area contributed by atoms with Crippen LogP contribution in [0.5, 0.6) is 0 Å². The quantitative estimate of drug-likeness (QED) is 0.942. The van der Waals surface area contributed by atoms with Crippen molar-refractivity contribution in [2.45, 2.75) is 35.6 Å². The van der Waals surface area contributed by atoms with Gasteiger partial charge in [-0.15, -0.1) is 0 Å². The Balaban J connectivity index is 2.38. The normalized spacial score (nSPS) is 13.4. The Morgan fingerprint density at radius 1 is 1.38 bits per heavy atom. The van der Waals surface area contributed by atoms with E-state index in [1.807, 2.05) is 0 Å². The number of aryl methyl sites for hydroxylation is 1. The average Bonchev–Trinajstić information content (AvgIpc) is 2.75. The summed E-state index contributed by atoms with van der Waals surface area (Å²) in [6.07, 6.45) is -2.72.